The van der Waals surface area contributed by atoms with Crippen molar-refractivity contribution in [3.63, 3.8) is 0 Å². The Kier molecular flexibility index (Phi) is 3.85. The molecule has 0 aliphatic heterocycles. The Morgan fingerprint density at radius 3 is 2.22 bits per heavy atom. The molecule has 0 saturated heterocycles. The van der Waals surface area contributed by atoms with E-state index in [4.69, 9.17) is 7.85 Å². The summed E-state index contributed by atoms with van der Waals surface area (Å²) >= 11 is 0. The average molecular weight is 122 g/mol. The van der Waals surface area contributed by atoms with Crippen molar-refractivity contribution in [3.05, 3.63) is 12.4 Å². The number of aryl methyl sites for hydroxylation is 1. The van der Waals surface area contributed by atoms with Crippen molar-refractivity contribution in [2.45, 2.75) is 13.8 Å². The molecule has 9 heavy (non-hydrogen) atoms. The van der Waals surface area contributed by atoms with E-state index in [0.717, 1.165) is 0 Å². The van der Waals surface area contributed by atoms with Gasteiger partial charge in [0.25, 0.3) is 0 Å². The fourth-order valence-electron chi connectivity index (χ4n) is 0.377. The van der Waals surface area contributed by atoms with Gasteiger partial charge in [-0.25, -0.2) is 0 Å². The van der Waals surface area contributed by atoms with Crippen molar-refractivity contribution >= 4 is 13.6 Å². The third-order valence-corrected chi connectivity index (χ3v) is 0.858. The molecular formula is C6H11BN2. The van der Waals surface area contributed by atoms with Gasteiger partial charge in [-0.3, -0.25) is 4.98 Å². The lowest BCUT2D eigenvalue weighted by molar-refractivity contribution is 0.951. The lowest BCUT2D eigenvalue weighted by Crippen LogP contribution is -2.14. The molecule has 0 atom stereocenters. The summed E-state index contributed by atoms with van der Waals surface area (Å²) in [6.45, 7) is 4.00. The second kappa shape index (κ2) is 4.18. The van der Waals surface area contributed by atoms with Gasteiger partial charge in [0, 0.05) is 25.2 Å². The molecule has 0 aliphatic carbocycles. The summed E-state index contributed by atoms with van der Waals surface area (Å²) in [5, 5.41) is 0. The number of hydrogen-bond donors (Lipinski definition) is 0. The zero-order chi connectivity index (χ0) is 7.28. The van der Waals surface area contributed by atoms with Crippen molar-refractivity contribution in [2.75, 3.05) is 0 Å². The van der Waals surface area contributed by atoms with Gasteiger partial charge in [-0.15, -0.1) is 0 Å². The van der Waals surface area contributed by atoms with Crippen LogP contribution in [0.2, 0.25) is 0 Å². The van der Waals surface area contributed by atoms with Crippen LogP contribution < -0.4 is 5.72 Å². The van der Waals surface area contributed by atoms with E-state index >= 15 is 0 Å². The summed E-state index contributed by atoms with van der Waals surface area (Å²) in [6.07, 6.45) is 3.46. The van der Waals surface area contributed by atoms with E-state index < -0.39 is 0 Å². The van der Waals surface area contributed by atoms with Crippen LogP contribution in [0.25, 0.3) is 0 Å². The lowest BCUT2D eigenvalue weighted by atomic mass is 10.1. The van der Waals surface area contributed by atoms with Crippen molar-refractivity contribution in [2.24, 2.45) is 7.05 Å². The van der Waals surface area contributed by atoms with Gasteiger partial charge in [-0.2, -0.15) is 0 Å². The summed E-state index contributed by atoms with van der Waals surface area (Å²) < 4.78 is 1.75. The molecule has 0 saturated carbocycles. The Balaban J connectivity index is 0.000000291. The predicted molar refractivity (Wildman–Crippen MR) is 39.9 cm³/mol. The van der Waals surface area contributed by atoms with Gasteiger partial charge in [0.1, 0.15) is 0 Å². The monoisotopic (exact) mass is 122 g/mol. The molecule has 0 N–H and O–H groups in total. The molecule has 1 aromatic rings. The van der Waals surface area contributed by atoms with Gasteiger partial charge in [0.05, 0.1) is 0 Å². The molecule has 48 valence electrons. The first kappa shape index (κ1) is 8.27. The minimum atomic E-state index is 0.556. The molecule has 1 heterocycles. The van der Waals surface area contributed by atoms with Gasteiger partial charge < -0.3 is 4.57 Å². The van der Waals surface area contributed by atoms with Gasteiger partial charge in [-0.1, -0.05) is 13.8 Å². The fraction of sp³-hybridized carbons (Fsp3) is 0.500. The van der Waals surface area contributed by atoms with E-state index in [2.05, 4.69) is 4.98 Å². The second-order valence-corrected chi connectivity index (χ2v) is 1.40. The molecular weight excluding hydrogens is 111 g/mol. The zero-order valence-electron chi connectivity index (χ0n) is 6.13. The van der Waals surface area contributed by atoms with Crippen LogP contribution in [0.4, 0.5) is 0 Å². The van der Waals surface area contributed by atoms with E-state index in [1.165, 1.54) is 0 Å². The quantitative estimate of drug-likeness (QED) is 0.450. The third-order valence-electron chi connectivity index (χ3n) is 0.858. The largest absolute Gasteiger partial charge is 0.347 e. The first-order valence-corrected chi connectivity index (χ1v) is 3.03. The van der Waals surface area contributed by atoms with Crippen LogP contribution in [-0.2, 0) is 7.05 Å². The molecule has 0 aliphatic rings. The third kappa shape index (κ3) is 2.35. The van der Waals surface area contributed by atoms with E-state index in [1.807, 2.05) is 20.9 Å². The van der Waals surface area contributed by atoms with Crippen molar-refractivity contribution in [3.8, 4) is 0 Å². The molecule has 0 aromatic carbocycles. The minimum Gasteiger partial charge on any atom is -0.347 e. The summed E-state index contributed by atoms with van der Waals surface area (Å²) in [5.74, 6) is 0. The van der Waals surface area contributed by atoms with E-state index in [9.17, 15) is 0 Å². The molecule has 1 rings (SSSR count). The van der Waals surface area contributed by atoms with Gasteiger partial charge >= 0.3 is 0 Å². The lowest BCUT2D eigenvalue weighted by Gasteiger charge is -1.88. The molecule has 3 heteroatoms. The highest BCUT2D eigenvalue weighted by molar-refractivity contribution is 6.29. The molecule has 0 spiro atoms. The highest BCUT2D eigenvalue weighted by Gasteiger charge is 1.83. The maximum atomic E-state index is 5.29. The molecule has 0 unspecified atom stereocenters. The van der Waals surface area contributed by atoms with E-state index in [-0.39, 0.29) is 0 Å². The van der Waals surface area contributed by atoms with Crippen LogP contribution in [-0.4, -0.2) is 17.4 Å². The summed E-state index contributed by atoms with van der Waals surface area (Å²) in [6, 6.07) is 0. The fourth-order valence-corrected chi connectivity index (χ4v) is 0.377. The van der Waals surface area contributed by atoms with Crippen LogP contribution >= 0.6 is 0 Å². The number of nitrogens with zero attached hydrogens (tertiary/aromatic N) is 2. The standard InChI is InChI=1S/C4H5BN2.C2H6/c1-7-3-2-6-4(7)5;1-2/h2-3H,1H3;1-2H3. The number of hydrogen-bond acceptors (Lipinski definition) is 1. The van der Waals surface area contributed by atoms with Crippen LogP contribution in [0.5, 0.6) is 0 Å². The average Bonchev–Trinajstić information content (AvgIpc) is 2.23. The normalized spacial score (nSPS) is 7.89. The van der Waals surface area contributed by atoms with Gasteiger partial charge in [-0.05, 0) is 0 Å². The highest BCUT2D eigenvalue weighted by Crippen LogP contribution is 1.69. The second-order valence-electron chi connectivity index (χ2n) is 1.40. The Morgan fingerprint density at radius 1 is 1.56 bits per heavy atom. The number of rotatable bonds is 0. The minimum absolute atomic E-state index is 0.556. The maximum absolute atomic E-state index is 5.29. The van der Waals surface area contributed by atoms with Crippen LogP contribution in [0.3, 0.4) is 0 Å². The van der Waals surface area contributed by atoms with Crippen LogP contribution in [0.15, 0.2) is 12.4 Å². The molecule has 2 radical (unpaired) electrons. The van der Waals surface area contributed by atoms with E-state index in [1.54, 1.807) is 17.0 Å². The summed E-state index contributed by atoms with van der Waals surface area (Å²) in [7, 11) is 7.14. The predicted octanol–water partition coefficient (Wildman–Crippen LogP) is 0.240. The topological polar surface area (TPSA) is 17.8 Å². The molecule has 0 fully saturated rings. The van der Waals surface area contributed by atoms with E-state index in [0.29, 0.717) is 5.72 Å². The number of imidazole rings is 1. The van der Waals surface area contributed by atoms with Crippen LogP contribution in [0, 0.1) is 0 Å². The summed E-state index contributed by atoms with van der Waals surface area (Å²) in [4.78, 5) is 3.76. The van der Waals surface area contributed by atoms with Gasteiger partial charge in [0.15, 0.2) is 7.85 Å². The number of aromatic nitrogens is 2. The van der Waals surface area contributed by atoms with Gasteiger partial charge in [0.2, 0.25) is 0 Å². The van der Waals surface area contributed by atoms with Crippen molar-refractivity contribution in [1.29, 1.82) is 0 Å². The Morgan fingerprint density at radius 2 is 2.11 bits per heavy atom. The van der Waals surface area contributed by atoms with Crippen LogP contribution in [0.1, 0.15) is 13.8 Å². The Bertz CT molecular complexity index is 143. The zero-order valence-corrected chi connectivity index (χ0v) is 6.13. The van der Waals surface area contributed by atoms with Crippen molar-refractivity contribution in [1.82, 2.24) is 9.55 Å². The SMILES string of the molecule is CC.[B]c1nccn1C. The Hall–Kier alpha value is -0.725. The molecule has 1 aromatic heterocycles. The maximum Gasteiger partial charge on any atom is 0.167 e. The molecule has 0 amide bonds. The van der Waals surface area contributed by atoms with Crippen molar-refractivity contribution < 1.29 is 0 Å². The molecule has 2 nitrogen and oxygen atoms in total. The first-order valence-electron chi connectivity index (χ1n) is 3.03. The highest BCUT2D eigenvalue weighted by atomic mass is 15.0. The first-order chi connectivity index (χ1) is 4.30. The summed E-state index contributed by atoms with van der Waals surface area (Å²) in [5.41, 5.74) is 0.556. The molecule has 0 bridgehead atoms. The Labute approximate surface area is 57.3 Å². The smallest absolute Gasteiger partial charge is 0.167 e.